The fourth-order valence-corrected chi connectivity index (χ4v) is 5.64. The van der Waals surface area contributed by atoms with Crippen molar-refractivity contribution in [1.29, 1.82) is 0 Å². The Morgan fingerprint density at radius 2 is 1.89 bits per heavy atom. The summed E-state index contributed by atoms with van der Waals surface area (Å²) >= 11 is 0. The summed E-state index contributed by atoms with van der Waals surface area (Å²) in [6.45, 7) is 7.78. The lowest BCUT2D eigenvalue weighted by Gasteiger charge is -2.31. The number of tetrazole rings is 1. The third-order valence-corrected chi connectivity index (χ3v) is 7.69. The molecule has 2 aromatic heterocycles. The van der Waals surface area contributed by atoms with E-state index in [0.29, 0.717) is 12.6 Å². The van der Waals surface area contributed by atoms with E-state index in [1.54, 1.807) is 0 Å². The van der Waals surface area contributed by atoms with Gasteiger partial charge in [-0.3, -0.25) is 9.69 Å². The first-order valence-corrected chi connectivity index (χ1v) is 13.2. The molecule has 2 heterocycles. The van der Waals surface area contributed by atoms with Crippen LogP contribution in [0, 0.1) is 13.8 Å². The zero-order valence-corrected chi connectivity index (χ0v) is 21.6. The van der Waals surface area contributed by atoms with Gasteiger partial charge in [0.2, 0.25) is 0 Å². The molecule has 7 nitrogen and oxygen atoms in total. The second-order valence-corrected chi connectivity index (χ2v) is 10.2. The highest BCUT2D eigenvalue weighted by molar-refractivity contribution is 5.79. The van der Waals surface area contributed by atoms with Crippen LogP contribution in [0.2, 0.25) is 0 Å². The SMILES string of the molecule is CC[C@H](c1nnnn1C1CCCC1)N(CCc1ccccc1C)Cc1cc2cc(C)ccc2[nH]c1=O. The van der Waals surface area contributed by atoms with Crippen LogP contribution in [0.25, 0.3) is 10.9 Å². The van der Waals surface area contributed by atoms with Gasteiger partial charge in [-0.05, 0) is 84.7 Å². The maximum Gasteiger partial charge on any atom is 0.252 e. The van der Waals surface area contributed by atoms with E-state index in [4.69, 9.17) is 0 Å². The molecule has 0 bridgehead atoms. The highest BCUT2D eigenvalue weighted by atomic mass is 16.1. The van der Waals surface area contributed by atoms with Gasteiger partial charge in [0.1, 0.15) is 0 Å². The van der Waals surface area contributed by atoms with E-state index in [9.17, 15) is 4.79 Å². The Bertz CT molecular complexity index is 1380. The van der Waals surface area contributed by atoms with Crippen LogP contribution >= 0.6 is 0 Å². The van der Waals surface area contributed by atoms with Crippen molar-refractivity contribution < 1.29 is 0 Å². The van der Waals surface area contributed by atoms with Gasteiger partial charge in [0, 0.05) is 24.2 Å². The van der Waals surface area contributed by atoms with Crippen LogP contribution < -0.4 is 5.56 Å². The number of nitrogens with zero attached hydrogens (tertiary/aromatic N) is 5. The maximum absolute atomic E-state index is 13.1. The fourth-order valence-electron chi connectivity index (χ4n) is 5.64. The largest absolute Gasteiger partial charge is 0.322 e. The Kier molecular flexibility index (Phi) is 7.28. The van der Waals surface area contributed by atoms with Crippen LogP contribution in [-0.2, 0) is 13.0 Å². The van der Waals surface area contributed by atoms with Crippen molar-refractivity contribution in [3.8, 4) is 0 Å². The molecular weight excluding hydrogens is 448 g/mol. The van der Waals surface area contributed by atoms with E-state index in [-0.39, 0.29) is 11.6 Å². The molecule has 2 aromatic carbocycles. The molecular formula is C29H36N6O. The fraction of sp³-hybridized carbons (Fsp3) is 0.448. The Hall–Kier alpha value is -3.32. The molecule has 0 spiro atoms. The van der Waals surface area contributed by atoms with Gasteiger partial charge in [-0.2, -0.15) is 0 Å². The number of benzene rings is 2. The third kappa shape index (κ3) is 5.12. The molecule has 0 unspecified atom stereocenters. The molecule has 1 aliphatic rings. The average molecular weight is 485 g/mol. The lowest BCUT2D eigenvalue weighted by molar-refractivity contribution is 0.169. The number of fused-ring (bicyclic) bond motifs is 1. The Labute approximate surface area is 212 Å². The van der Waals surface area contributed by atoms with E-state index >= 15 is 0 Å². The minimum atomic E-state index is -0.0301. The highest BCUT2D eigenvalue weighted by Crippen LogP contribution is 2.33. The number of aromatic amines is 1. The first kappa shape index (κ1) is 24.4. The molecule has 1 fully saturated rings. The van der Waals surface area contributed by atoms with E-state index < -0.39 is 0 Å². The van der Waals surface area contributed by atoms with Crippen molar-refractivity contribution in [1.82, 2.24) is 30.1 Å². The van der Waals surface area contributed by atoms with Crippen LogP contribution in [0.3, 0.4) is 0 Å². The van der Waals surface area contributed by atoms with Crippen LogP contribution in [0.1, 0.15) is 79.2 Å². The van der Waals surface area contributed by atoms with Crippen molar-refractivity contribution in [3.63, 3.8) is 0 Å². The topological polar surface area (TPSA) is 79.7 Å². The molecule has 1 saturated carbocycles. The van der Waals surface area contributed by atoms with Crippen LogP contribution in [-0.4, -0.2) is 36.6 Å². The van der Waals surface area contributed by atoms with Crippen molar-refractivity contribution in [3.05, 3.63) is 87.0 Å². The second-order valence-electron chi connectivity index (χ2n) is 10.2. The molecule has 188 valence electrons. The molecule has 4 aromatic rings. The summed E-state index contributed by atoms with van der Waals surface area (Å²) in [6.07, 6.45) is 6.47. The highest BCUT2D eigenvalue weighted by Gasteiger charge is 2.29. The molecule has 0 amide bonds. The number of pyridine rings is 1. The minimum absolute atomic E-state index is 0.0252. The lowest BCUT2D eigenvalue weighted by Crippen LogP contribution is -2.34. The molecule has 0 radical (unpaired) electrons. The van der Waals surface area contributed by atoms with Gasteiger partial charge in [0.15, 0.2) is 5.82 Å². The minimum Gasteiger partial charge on any atom is -0.322 e. The van der Waals surface area contributed by atoms with Gasteiger partial charge in [-0.1, -0.05) is 55.7 Å². The van der Waals surface area contributed by atoms with Crippen molar-refractivity contribution in [2.24, 2.45) is 0 Å². The summed E-state index contributed by atoms with van der Waals surface area (Å²) in [6, 6.07) is 17.1. The number of aromatic nitrogens is 5. The normalized spacial score (nSPS) is 15.2. The molecule has 0 aliphatic heterocycles. The lowest BCUT2D eigenvalue weighted by atomic mass is 10.0. The first-order valence-electron chi connectivity index (χ1n) is 13.2. The summed E-state index contributed by atoms with van der Waals surface area (Å²) in [5, 5.41) is 14.1. The van der Waals surface area contributed by atoms with Crippen LogP contribution in [0.15, 0.2) is 53.3 Å². The third-order valence-electron chi connectivity index (χ3n) is 7.69. The molecule has 5 rings (SSSR count). The zero-order valence-electron chi connectivity index (χ0n) is 21.6. The molecule has 1 aliphatic carbocycles. The number of hydrogen-bond acceptors (Lipinski definition) is 5. The molecule has 1 N–H and O–H groups in total. The second kappa shape index (κ2) is 10.7. The number of hydrogen-bond donors (Lipinski definition) is 1. The van der Waals surface area contributed by atoms with Gasteiger partial charge in [-0.15, -0.1) is 5.10 Å². The summed E-state index contributed by atoms with van der Waals surface area (Å²) in [5.41, 5.74) is 5.42. The Balaban J connectivity index is 1.50. The molecule has 0 saturated heterocycles. The summed E-state index contributed by atoms with van der Waals surface area (Å²) in [5.74, 6) is 0.919. The summed E-state index contributed by atoms with van der Waals surface area (Å²) in [4.78, 5) is 18.6. The van der Waals surface area contributed by atoms with Crippen molar-refractivity contribution >= 4 is 10.9 Å². The van der Waals surface area contributed by atoms with E-state index in [2.05, 4.69) is 87.3 Å². The number of rotatable bonds is 9. The Morgan fingerprint density at radius 1 is 1.08 bits per heavy atom. The van der Waals surface area contributed by atoms with Crippen molar-refractivity contribution in [2.75, 3.05) is 6.54 Å². The van der Waals surface area contributed by atoms with Gasteiger partial charge >= 0.3 is 0 Å². The maximum atomic E-state index is 13.1. The van der Waals surface area contributed by atoms with E-state index in [1.807, 2.05) is 12.1 Å². The van der Waals surface area contributed by atoms with Gasteiger partial charge in [0.25, 0.3) is 5.56 Å². The molecule has 1 atom stereocenters. The summed E-state index contributed by atoms with van der Waals surface area (Å²) in [7, 11) is 0. The molecule has 36 heavy (non-hydrogen) atoms. The average Bonchev–Trinajstić information content (AvgIpc) is 3.57. The molecule has 7 heteroatoms. The van der Waals surface area contributed by atoms with E-state index in [1.165, 1.54) is 29.5 Å². The van der Waals surface area contributed by atoms with Crippen LogP contribution in [0.5, 0.6) is 0 Å². The monoisotopic (exact) mass is 484 g/mol. The number of nitrogens with one attached hydrogen (secondary N) is 1. The predicted octanol–water partition coefficient (Wildman–Crippen LogP) is 5.44. The standard InChI is InChI=1S/C29H36N6O/c1-4-27(28-31-32-33-35(28)25-11-7-8-12-25)34(16-15-22-10-6-5-9-21(22)3)19-24-18-23-17-20(2)13-14-26(23)30-29(24)36/h5-6,9-10,13-14,17-18,25,27H,4,7-8,11-12,15-16,19H2,1-3H3,(H,30,36)/t27-/m1/s1. The van der Waals surface area contributed by atoms with Gasteiger partial charge in [-0.25, -0.2) is 4.68 Å². The predicted molar refractivity (Wildman–Crippen MR) is 143 cm³/mol. The van der Waals surface area contributed by atoms with Crippen LogP contribution in [0.4, 0.5) is 0 Å². The summed E-state index contributed by atoms with van der Waals surface area (Å²) < 4.78 is 2.07. The number of H-pyrrole nitrogens is 1. The van der Waals surface area contributed by atoms with Gasteiger partial charge < -0.3 is 4.98 Å². The quantitative estimate of drug-likeness (QED) is 0.342. The first-order chi connectivity index (χ1) is 17.5. The zero-order chi connectivity index (χ0) is 25.1. The van der Waals surface area contributed by atoms with Gasteiger partial charge in [0.05, 0.1) is 12.1 Å². The Morgan fingerprint density at radius 3 is 2.67 bits per heavy atom. The number of aryl methyl sites for hydroxylation is 2. The van der Waals surface area contributed by atoms with Crippen molar-refractivity contribution in [2.45, 2.75) is 77.9 Å². The van der Waals surface area contributed by atoms with E-state index in [0.717, 1.165) is 54.5 Å². The smallest absolute Gasteiger partial charge is 0.252 e.